The van der Waals surface area contributed by atoms with Gasteiger partial charge in [-0.05, 0) is 25.3 Å². The molecule has 2 N–H and O–H groups in total. The molecule has 0 bridgehead atoms. The molecule has 19 heavy (non-hydrogen) atoms. The molecule has 0 saturated heterocycles. The summed E-state index contributed by atoms with van der Waals surface area (Å²) in [5, 5.41) is 11.9. The van der Waals surface area contributed by atoms with Crippen LogP contribution in [0.25, 0.3) is 0 Å². The summed E-state index contributed by atoms with van der Waals surface area (Å²) in [7, 11) is 0. The van der Waals surface area contributed by atoms with Crippen LogP contribution in [-0.4, -0.2) is 23.2 Å². The molecule has 1 fully saturated rings. The Balaban J connectivity index is 2.15. The lowest BCUT2D eigenvalue weighted by molar-refractivity contribution is -0.0300. The maximum atomic E-state index is 13.3. The van der Waals surface area contributed by atoms with Gasteiger partial charge in [0.1, 0.15) is 0 Å². The number of rotatable bonds is 3. The highest BCUT2D eigenvalue weighted by molar-refractivity contribution is 5.94. The van der Waals surface area contributed by atoms with Crippen molar-refractivity contribution in [3.63, 3.8) is 0 Å². The summed E-state index contributed by atoms with van der Waals surface area (Å²) in [4.78, 5) is 11.5. The molecule has 1 aliphatic rings. The second-order valence-corrected chi connectivity index (χ2v) is 4.61. The SMILES string of the molecule is O=C(NCC1(O)CCC1)c1cc(F)c(F)c(F)c1F. The van der Waals surface area contributed by atoms with Crippen LogP contribution < -0.4 is 5.32 Å². The van der Waals surface area contributed by atoms with Gasteiger partial charge in [0.15, 0.2) is 23.3 Å². The first-order valence-corrected chi connectivity index (χ1v) is 5.68. The number of carbonyl (C=O) groups is 1. The highest BCUT2D eigenvalue weighted by Crippen LogP contribution is 2.30. The molecule has 0 spiro atoms. The third-order valence-electron chi connectivity index (χ3n) is 3.21. The van der Waals surface area contributed by atoms with E-state index in [1.54, 1.807) is 0 Å². The van der Waals surface area contributed by atoms with Crippen LogP contribution in [0.1, 0.15) is 29.6 Å². The van der Waals surface area contributed by atoms with Crippen LogP contribution >= 0.6 is 0 Å². The molecule has 1 aromatic rings. The van der Waals surface area contributed by atoms with Crippen molar-refractivity contribution in [2.24, 2.45) is 0 Å². The number of amides is 1. The summed E-state index contributed by atoms with van der Waals surface area (Å²) >= 11 is 0. The average molecular weight is 277 g/mol. The zero-order valence-corrected chi connectivity index (χ0v) is 9.77. The lowest BCUT2D eigenvalue weighted by atomic mass is 9.80. The minimum Gasteiger partial charge on any atom is -0.388 e. The third-order valence-corrected chi connectivity index (χ3v) is 3.21. The largest absolute Gasteiger partial charge is 0.388 e. The van der Waals surface area contributed by atoms with Crippen molar-refractivity contribution in [3.8, 4) is 0 Å². The Labute approximate surface area is 106 Å². The summed E-state index contributed by atoms with van der Waals surface area (Å²) in [5.74, 6) is -8.50. The van der Waals surface area contributed by atoms with Gasteiger partial charge in [-0.3, -0.25) is 4.79 Å². The summed E-state index contributed by atoms with van der Waals surface area (Å²) in [6, 6.07) is 0.286. The monoisotopic (exact) mass is 277 g/mol. The van der Waals surface area contributed by atoms with Gasteiger partial charge in [-0.25, -0.2) is 17.6 Å². The Bertz CT molecular complexity index is 529. The van der Waals surface area contributed by atoms with Crippen LogP contribution in [0.2, 0.25) is 0 Å². The fraction of sp³-hybridized carbons (Fsp3) is 0.417. The van der Waals surface area contributed by atoms with Gasteiger partial charge in [0.05, 0.1) is 11.2 Å². The van der Waals surface area contributed by atoms with Crippen LogP contribution in [0, 0.1) is 23.3 Å². The van der Waals surface area contributed by atoms with Gasteiger partial charge in [-0.15, -0.1) is 0 Å². The molecule has 0 radical (unpaired) electrons. The molecule has 3 nitrogen and oxygen atoms in total. The smallest absolute Gasteiger partial charge is 0.254 e. The van der Waals surface area contributed by atoms with Gasteiger partial charge >= 0.3 is 0 Å². The molecule has 1 aliphatic carbocycles. The Morgan fingerprint density at radius 2 is 1.84 bits per heavy atom. The van der Waals surface area contributed by atoms with Gasteiger partial charge in [0.2, 0.25) is 0 Å². The number of nitrogens with one attached hydrogen (secondary N) is 1. The maximum absolute atomic E-state index is 13.3. The van der Waals surface area contributed by atoms with E-state index in [1.165, 1.54) is 0 Å². The third kappa shape index (κ3) is 2.56. The molecule has 1 amide bonds. The summed E-state index contributed by atoms with van der Waals surface area (Å²) in [6.45, 7) is -0.147. The molecular formula is C12H11F4NO2. The molecule has 0 aliphatic heterocycles. The minimum atomic E-state index is -2.03. The van der Waals surface area contributed by atoms with Crippen molar-refractivity contribution in [1.82, 2.24) is 5.32 Å². The maximum Gasteiger partial charge on any atom is 0.254 e. The molecular weight excluding hydrogens is 266 g/mol. The number of hydrogen-bond acceptors (Lipinski definition) is 2. The Hall–Kier alpha value is -1.63. The topological polar surface area (TPSA) is 49.3 Å². The summed E-state index contributed by atoms with van der Waals surface area (Å²) in [6.07, 6.45) is 1.78. The van der Waals surface area contributed by atoms with E-state index in [0.29, 0.717) is 12.8 Å². The molecule has 0 atom stereocenters. The Morgan fingerprint density at radius 1 is 1.21 bits per heavy atom. The first-order valence-electron chi connectivity index (χ1n) is 5.68. The van der Waals surface area contributed by atoms with E-state index < -0.39 is 40.3 Å². The van der Waals surface area contributed by atoms with Gasteiger partial charge in [-0.1, -0.05) is 0 Å². The van der Waals surface area contributed by atoms with E-state index in [2.05, 4.69) is 5.32 Å². The molecule has 1 saturated carbocycles. The highest BCUT2D eigenvalue weighted by Gasteiger charge is 2.35. The first-order chi connectivity index (χ1) is 8.84. The van der Waals surface area contributed by atoms with E-state index >= 15 is 0 Å². The molecule has 0 unspecified atom stereocenters. The van der Waals surface area contributed by atoms with Crippen LogP contribution in [0.15, 0.2) is 6.07 Å². The van der Waals surface area contributed by atoms with Gasteiger partial charge in [0.25, 0.3) is 5.91 Å². The van der Waals surface area contributed by atoms with E-state index in [9.17, 15) is 27.5 Å². The van der Waals surface area contributed by atoms with Crippen LogP contribution in [0.3, 0.4) is 0 Å². The number of hydrogen-bond donors (Lipinski definition) is 2. The number of carbonyl (C=O) groups excluding carboxylic acids is 1. The fourth-order valence-electron chi connectivity index (χ4n) is 1.84. The molecule has 7 heteroatoms. The zero-order valence-electron chi connectivity index (χ0n) is 9.77. The second-order valence-electron chi connectivity index (χ2n) is 4.61. The summed E-state index contributed by atoms with van der Waals surface area (Å²) < 4.78 is 51.9. The lowest BCUT2D eigenvalue weighted by Gasteiger charge is -2.36. The highest BCUT2D eigenvalue weighted by atomic mass is 19.2. The lowest BCUT2D eigenvalue weighted by Crippen LogP contribution is -2.47. The normalized spacial score (nSPS) is 16.9. The predicted molar refractivity (Wildman–Crippen MR) is 57.4 cm³/mol. The van der Waals surface area contributed by atoms with Gasteiger partial charge in [0, 0.05) is 6.54 Å². The Morgan fingerprint density at radius 3 is 2.37 bits per heavy atom. The fourth-order valence-corrected chi connectivity index (χ4v) is 1.84. The quantitative estimate of drug-likeness (QED) is 0.503. The first kappa shape index (κ1) is 13.8. The van der Waals surface area contributed by atoms with E-state index in [-0.39, 0.29) is 12.6 Å². The van der Waals surface area contributed by atoms with Crippen molar-refractivity contribution in [2.75, 3.05) is 6.54 Å². The van der Waals surface area contributed by atoms with Crippen molar-refractivity contribution in [1.29, 1.82) is 0 Å². The van der Waals surface area contributed by atoms with Crippen molar-refractivity contribution < 1.29 is 27.5 Å². The zero-order chi connectivity index (χ0) is 14.2. The van der Waals surface area contributed by atoms with Crippen molar-refractivity contribution >= 4 is 5.91 Å². The Kier molecular flexibility index (Phi) is 3.49. The summed E-state index contributed by atoms with van der Waals surface area (Å²) in [5.41, 5.74) is -1.98. The number of halogens is 4. The average Bonchev–Trinajstić information content (AvgIpc) is 2.35. The molecule has 0 aromatic heterocycles. The standard InChI is InChI=1S/C12H11F4NO2/c13-7-4-6(8(14)10(16)9(7)15)11(18)17-5-12(19)2-1-3-12/h4,19H,1-3,5H2,(H,17,18). The van der Waals surface area contributed by atoms with Crippen LogP contribution in [0.4, 0.5) is 17.6 Å². The van der Waals surface area contributed by atoms with E-state index in [1.807, 2.05) is 0 Å². The molecule has 1 aromatic carbocycles. The predicted octanol–water partition coefficient (Wildman–Crippen LogP) is 1.89. The second kappa shape index (κ2) is 4.80. The minimum absolute atomic E-state index is 0.147. The van der Waals surface area contributed by atoms with Crippen LogP contribution in [-0.2, 0) is 0 Å². The van der Waals surface area contributed by atoms with Crippen molar-refractivity contribution in [3.05, 3.63) is 34.9 Å². The molecule has 2 rings (SSSR count). The van der Waals surface area contributed by atoms with Gasteiger partial charge < -0.3 is 10.4 Å². The van der Waals surface area contributed by atoms with E-state index in [0.717, 1.165) is 6.42 Å². The van der Waals surface area contributed by atoms with Gasteiger partial charge in [-0.2, -0.15) is 0 Å². The molecule has 104 valence electrons. The number of aliphatic hydroxyl groups is 1. The number of benzene rings is 1. The van der Waals surface area contributed by atoms with E-state index in [4.69, 9.17) is 0 Å². The van der Waals surface area contributed by atoms with Crippen molar-refractivity contribution in [2.45, 2.75) is 24.9 Å². The molecule has 0 heterocycles. The van der Waals surface area contributed by atoms with Crippen LogP contribution in [0.5, 0.6) is 0 Å².